The normalized spacial score (nSPS) is 16.6. The number of rotatable bonds is 5. The van der Waals surface area contributed by atoms with E-state index in [0.717, 1.165) is 40.7 Å². The van der Waals surface area contributed by atoms with Crippen LogP contribution in [0.1, 0.15) is 30.0 Å². The highest BCUT2D eigenvalue weighted by atomic mass is 32.2. The monoisotopic (exact) mass is 369 g/mol. The first kappa shape index (κ1) is 16.9. The molecule has 0 unspecified atom stereocenters. The second-order valence-corrected chi connectivity index (χ2v) is 9.44. The van der Waals surface area contributed by atoms with Crippen LogP contribution in [0.4, 0.5) is 0 Å². The van der Waals surface area contributed by atoms with E-state index in [0.29, 0.717) is 13.1 Å². The molecule has 0 bridgehead atoms. The van der Waals surface area contributed by atoms with E-state index in [1.54, 1.807) is 39.5 Å². The van der Waals surface area contributed by atoms with Crippen molar-refractivity contribution >= 4 is 33.1 Å². The Morgan fingerprint density at radius 3 is 2.65 bits per heavy atom. The number of hydrogen-bond donors (Lipinski definition) is 0. The molecule has 0 amide bonds. The lowest BCUT2D eigenvalue weighted by Crippen LogP contribution is -2.35. The quantitative estimate of drug-likeness (QED) is 0.757. The van der Waals surface area contributed by atoms with Crippen molar-refractivity contribution in [2.45, 2.75) is 41.9 Å². The van der Waals surface area contributed by atoms with E-state index in [4.69, 9.17) is 0 Å². The molecule has 1 aliphatic heterocycles. The maximum Gasteiger partial charge on any atom is 0.244 e. The van der Waals surface area contributed by atoms with Gasteiger partial charge in [-0.05, 0) is 31.9 Å². The van der Waals surface area contributed by atoms with Gasteiger partial charge in [0.25, 0.3) is 0 Å². The number of aromatic nitrogens is 2. The van der Waals surface area contributed by atoms with Crippen LogP contribution in [-0.2, 0) is 15.8 Å². The summed E-state index contributed by atoms with van der Waals surface area (Å²) in [5, 5.41) is 3.90. The first-order valence-electron chi connectivity index (χ1n) is 7.56. The van der Waals surface area contributed by atoms with Gasteiger partial charge in [0.2, 0.25) is 10.0 Å². The molecule has 0 radical (unpaired) electrons. The summed E-state index contributed by atoms with van der Waals surface area (Å²) in [6.45, 7) is 3.21. The molecule has 1 fully saturated rings. The van der Waals surface area contributed by atoms with E-state index in [2.05, 4.69) is 9.97 Å². The average Bonchev–Trinajstić information content (AvgIpc) is 3.00. The van der Waals surface area contributed by atoms with Gasteiger partial charge in [-0.3, -0.25) is 0 Å². The summed E-state index contributed by atoms with van der Waals surface area (Å²) in [5.74, 6) is 0.746. The van der Waals surface area contributed by atoms with Gasteiger partial charge >= 0.3 is 0 Å². The van der Waals surface area contributed by atoms with Crippen molar-refractivity contribution in [1.82, 2.24) is 14.3 Å². The van der Waals surface area contributed by atoms with Crippen LogP contribution in [0.15, 0.2) is 33.6 Å². The minimum Gasteiger partial charge on any atom is -0.249 e. The minimum atomic E-state index is -3.39. The zero-order valence-corrected chi connectivity index (χ0v) is 15.4. The average molecular weight is 370 g/mol. The van der Waals surface area contributed by atoms with Gasteiger partial charge in [0, 0.05) is 30.4 Å². The third-order valence-electron chi connectivity index (χ3n) is 3.70. The van der Waals surface area contributed by atoms with Gasteiger partial charge in [-0.15, -0.1) is 23.1 Å². The Hall–Kier alpha value is -0.960. The van der Waals surface area contributed by atoms with Crippen LogP contribution in [0, 0.1) is 6.92 Å². The second kappa shape index (κ2) is 7.29. The van der Waals surface area contributed by atoms with Crippen LogP contribution >= 0.6 is 23.1 Å². The molecule has 0 aromatic carbocycles. The lowest BCUT2D eigenvalue weighted by Gasteiger charge is -2.25. The van der Waals surface area contributed by atoms with Gasteiger partial charge in [-0.2, -0.15) is 4.31 Å². The fourth-order valence-corrected chi connectivity index (χ4v) is 5.40. The van der Waals surface area contributed by atoms with Crippen molar-refractivity contribution in [3.8, 4) is 0 Å². The maximum absolute atomic E-state index is 12.6. The largest absolute Gasteiger partial charge is 0.249 e. The van der Waals surface area contributed by atoms with E-state index in [-0.39, 0.29) is 4.90 Å². The van der Waals surface area contributed by atoms with E-state index in [9.17, 15) is 8.42 Å². The highest BCUT2D eigenvalue weighted by Crippen LogP contribution is 2.24. The van der Waals surface area contributed by atoms with Crippen LogP contribution in [0.5, 0.6) is 0 Å². The van der Waals surface area contributed by atoms with Crippen LogP contribution < -0.4 is 0 Å². The Balaban J connectivity index is 1.66. The van der Waals surface area contributed by atoms with E-state index in [1.807, 2.05) is 12.3 Å². The van der Waals surface area contributed by atoms with Gasteiger partial charge in [0.1, 0.15) is 4.90 Å². The number of pyridine rings is 1. The second-order valence-electron chi connectivity index (χ2n) is 5.44. The smallest absolute Gasteiger partial charge is 0.244 e. The van der Waals surface area contributed by atoms with Crippen molar-refractivity contribution in [2.75, 3.05) is 13.1 Å². The number of nitrogens with zero attached hydrogens (tertiary/aromatic N) is 3. The van der Waals surface area contributed by atoms with Crippen molar-refractivity contribution in [3.05, 3.63) is 34.4 Å². The van der Waals surface area contributed by atoms with Crippen molar-refractivity contribution < 1.29 is 8.42 Å². The molecule has 2 aromatic rings. The zero-order chi connectivity index (χ0) is 16.3. The summed E-state index contributed by atoms with van der Waals surface area (Å²) in [6, 6.07) is 3.44. The van der Waals surface area contributed by atoms with Crippen molar-refractivity contribution in [3.63, 3.8) is 0 Å². The lowest BCUT2D eigenvalue weighted by molar-refractivity contribution is 0.346. The van der Waals surface area contributed by atoms with Gasteiger partial charge in [0.15, 0.2) is 0 Å². The Bertz CT molecular complexity index is 751. The molecule has 3 heterocycles. The van der Waals surface area contributed by atoms with Crippen LogP contribution in [0.2, 0.25) is 0 Å². The highest BCUT2D eigenvalue weighted by molar-refractivity contribution is 7.98. The van der Waals surface area contributed by atoms with Gasteiger partial charge in [0.05, 0.1) is 15.7 Å². The first-order valence-corrected chi connectivity index (χ1v) is 10.9. The predicted molar refractivity (Wildman–Crippen MR) is 93.3 cm³/mol. The summed E-state index contributed by atoms with van der Waals surface area (Å²) in [4.78, 5) is 8.99. The Morgan fingerprint density at radius 1 is 1.26 bits per heavy atom. The highest BCUT2D eigenvalue weighted by Gasteiger charge is 2.26. The SMILES string of the molecule is Cc1nc(CSc2ccc(S(=O)(=O)N3CCCCC3)cn2)cs1. The molecule has 2 aromatic heterocycles. The van der Waals surface area contributed by atoms with Crippen LogP contribution in [0.3, 0.4) is 0 Å². The molecule has 0 N–H and O–H groups in total. The number of thioether (sulfide) groups is 1. The Labute approximate surface area is 145 Å². The molecule has 23 heavy (non-hydrogen) atoms. The van der Waals surface area contributed by atoms with E-state index >= 15 is 0 Å². The fraction of sp³-hybridized carbons (Fsp3) is 0.467. The predicted octanol–water partition coefficient (Wildman–Crippen LogP) is 3.31. The fourth-order valence-electron chi connectivity index (χ4n) is 2.48. The molecule has 8 heteroatoms. The third-order valence-corrected chi connectivity index (χ3v) is 7.38. The Morgan fingerprint density at radius 2 is 2.04 bits per heavy atom. The standard InChI is InChI=1S/C15H19N3O2S3/c1-12-17-13(10-21-12)11-22-15-6-5-14(9-16-15)23(19,20)18-7-3-2-4-8-18/h5-6,9-10H,2-4,7-8,11H2,1H3. The molecular weight excluding hydrogens is 350 g/mol. The summed E-state index contributed by atoms with van der Waals surface area (Å²) >= 11 is 3.20. The molecule has 0 saturated carbocycles. The lowest BCUT2D eigenvalue weighted by atomic mass is 10.2. The van der Waals surface area contributed by atoms with Crippen LogP contribution in [0.25, 0.3) is 0 Å². The molecule has 3 rings (SSSR count). The van der Waals surface area contributed by atoms with Crippen LogP contribution in [-0.4, -0.2) is 35.8 Å². The Kier molecular flexibility index (Phi) is 5.35. The molecule has 0 aliphatic carbocycles. The summed E-state index contributed by atoms with van der Waals surface area (Å²) in [7, 11) is -3.39. The molecule has 5 nitrogen and oxygen atoms in total. The van der Waals surface area contributed by atoms with E-state index in [1.165, 1.54) is 6.20 Å². The zero-order valence-electron chi connectivity index (χ0n) is 12.9. The maximum atomic E-state index is 12.6. The topological polar surface area (TPSA) is 63.2 Å². The number of hydrogen-bond acceptors (Lipinski definition) is 6. The molecule has 0 spiro atoms. The molecular formula is C15H19N3O2S3. The van der Waals surface area contributed by atoms with Gasteiger partial charge in [-0.25, -0.2) is 18.4 Å². The number of aryl methyl sites for hydroxylation is 1. The first-order chi connectivity index (χ1) is 11.1. The molecule has 0 atom stereocenters. The molecule has 124 valence electrons. The van der Waals surface area contributed by atoms with Crippen molar-refractivity contribution in [1.29, 1.82) is 0 Å². The number of sulfonamides is 1. The minimum absolute atomic E-state index is 0.285. The number of thiazole rings is 1. The van der Waals surface area contributed by atoms with Crippen molar-refractivity contribution in [2.24, 2.45) is 0 Å². The number of piperidine rings is 1. The van der Waals surface area contributed by atoms with Gasteiger partial charge < -0.3 is 0 Å². The third kappa shape index (κ3) is 4.12. The van der Waals surface area contributed by atoms with E-state index < -0.39 is 10.0 Å². The summed E-state index contributed by atoms with van der Waals surface area (Å²) in [5.41, 5.74) is 1.03. The summed E-state index contributed by atoms with van der Waals surface area (Å²) < 4.78 is 26.7. The van der Waals surface area contributed by atoms with Gasteiger partial charge in [-0.1, -0.05) is 6.42 Å². The summed E-state index contributed by atoms with van der Waals surface area (Å²) in [6.07, 6.45) is 4.45. The molecule has 1 aliphatic rings. The molecule has 1 saturated heterocycles.